The van der Waals surface area contributed by atoms with Crippen molar-refractivity contribution < 1.29 is 19.1 Å². The van der Waals surface area contributed by atoms with Gasteiger partial charge in [0.25, 0.3) is 5.91 Å². The topological polar surface area (TPSA) is 79.9 Å². The van der Waals surface area contributed by atoms with Gasteiger partial charge in [0.2, 0.25) is 5.91 Å². The number of ether oxygens (including phenoxy) is 2. The van der Waals surface area contributed by atoms with Crippen LogP contribution in [0.2, 0.25) is 0 Å². The van der Waals surface area contributed by atoms with Crippen LogP contribution in [0, 0.1) is 5.92 Å². The highest BCUT2D eigenvalue weighted by Crippen LogP contribution is 2.30. The Kier molecular flexibility index (Phi) is 6.60. The van der Waals surface area contributed by atoms with Gasteiger partial charge in [-0.3, -0.25) is 9.59 Å². The third-order valence-electron chi connectivity index (χ3n) is 5.72. The van der Waals surface area contributed by atoms with Crippen molar-refractivity contribution >= 4 is 23.2 Å². The number of anilines is 2. The molecule has 0 atom stereocenters. The van der Waals surface area contributed by atoms with Gasteiger partial charge in [-0.25, -0.2) is 0 Å². The molecule has 7 nitrogen and oxygen atoms in total. The maximum Gasteiger partial charge on any atom is 0.258 e. The van der Waals surface area contributed by atoms with Gasteiger partial charge in [-0.1, -0.05) is 6.07 Å². The number of piperidine rings is 1. The van der Waals surface area contributed by atoms with Gasteiger partial charge >= 0.3 is 0 Å². The summed E-state index contributed by atoms with van der Waals surface area (Å²) in [5, 5.41) is 5.96. The summed E-state index contributed by atoms with van der Waals surface area (Å²) in [5.41, 5.74) is 1.86. The van der Waals surface area contributed by atoms with E-state index in [4.69, 9.17) is 9.47 Å². The van der Waals surface area contributed by atoms with Crippen molar-refractivity contribution in [2.75, 3.05) is 37.0 Å². The van der Waals surface area contributed by atoms with Crippen LogP contribution in [-0.2, 0) is 9.59 Å². The molecule has 1 saturated carbocycles. The maximum atomic E-state index is 12.3. The predicted octanol–water partition coefficient (Wildman–Crippen LogP) is 3.21. The Hall–Kier alpha value is -3.22. The van der Waals surface area contributed by atoms with Gasteiger partial charge in [0.15, 0.2) is 6.61 Å². The molecule has 1 saturated heterocycles. The second-order valence-electron chi connectivity index (χ2n) is 8.11. The molecule has 4 rings (SSSR count). The van der Waals surface area contributed by atoms with Crippen LogP contribution < -0.4 is 25.0 Å². The molecule has 2 fully saturated rings. The molecule has 0 spiro atoms. The summed E-state index contributed by atoms with van der Waals surface area (Å²) in [6.45, 7) is 1.74. The van der Waals surface area contributed by atoms with Crippen LogP contribution in [-0.4, -0.2) is 44.7 Å². The molecule has 0 aromatic heterocycles. The molecule has 7 heteroatoms. The van der Waals surface area contributed by atoms with Gasteiger partial charge in [0.1, 0.15) is 11.5 Å². The molecule has 164 valence electrons. The lowest BCUT2D eigenvalue weighted by molar-refractivity contribution is -0.124. The van der Waals surface area contributed by atoms with E-state index in [1.807, 2.05) is 24.3 Å². The van der Waals surface area contributed by atoms with E-state index in [0.29, 0.717) is 11.4 Å². The highest BCUT2D eigenvalue weighted by atomic mass is 16.5. The summed E-state index contributed by atoms with van der Waals surface area (Å²) in [4.78, 5) is 26.5. The molecule has 1 aliphatic heterocycles. The third-order valence-corrected chi connectivity index (χ3v) is 5.72. The summed E-state index contributed by atoms with van der Waals surface area (Å²) in [6.07, 6.45) is 3.70. The van der Waals surface area contributed by atoms with Crippen molar-refractivity contribution in [3.63, 3.8) is 0 Å². The monoisotopic (exact) mass is 423 g/mol. The molecule has 1 heterocycles. The molecule has 2 aromatic carbocycles. The summed E-state index contributed by atoms with van der Waals surface area (Å²) in [7, 11) is 1.66. The van der Waals surface area contributed by atoms with Crippen LogP contribution in [0.25, 0.3) is 0 Å². The Labute approximate surface area is 182 Å². The van der Waals surface area contributed by atoms with Crippen LogP contribution in [0.3, 0.4) is 0 Å². The molecule has 0 radical (unpaired) electrons. The number of carbonyl (C=O) groups is 2. The zero-order valence-electron chi connectivity index (χ0n) is 17.8. The minimum atomic E-state index is -0.129. The van der Waals surface area contributed by atoms with Crippen LogP contribution in [0.4, 0.5) is 11.4 Å². The number of nitrogens with one attached hydrogen (secondary N) is 2. The first-order valence-electron chi connectivity index (χ1n) is 10.8. The summed E-state index contributed by atoms with van der Waals surface area (Å²) in [5.74, 6) is 1.48. The van der Waals surface area contributed by atoms with Gasteiger partial charge in [0, 0.05) is 42.5 Å². The number of rotatable bonds is 8. The fourth-order valence-electron chi connectivity index (χ4n) is 3.75. The van der Waals surface area contributed by atoms with E-state index in [1.165, 1.54) is 5.69 Å². The number of hydrogen-bond donors (Lipinski definition) is 2. The van der Waals surface area contributed by atoms with Crippen LogP contribution in [0.1, 0.15) is 25.7 Å². The lowest BCUT2D eigenvalue weighted by Gasteiger charge is -2.34. The highest BCUT2D eigenvalue weighted by Gasteiger charge is 2.29. The molecule has 2 aliphatic rings. The van der Waals surface area contributed by atoms with Crippen molar-refractivity contribution in [2.24, 2.45) is 5.92 Å². The van der Waals surface area contributed by atoms with Gasteiger partial charge in [0.05, 0.1) is 7.11 Å². The fraction of sp³-hybridized carbons (Fsp3) is 0.417. The molecule has 2 amide bonds. The van der Waals surface area contributed by atoms with Gasteiger partial charge in [-0.2, -0.15) is 0 Å². The molecular formula is C24H29N3O4. The standard InChI is InChI=1S/C24H29N3O4/c1-30-21-9-7-20(8-10-21)27-13-11-18(12-14-27)25-23(28)16-31-22-4-2-3-19(15-22)26-24(29)17-5-6-17/h2-4,7-10,15,17-18H,5-6,11-14,16H2,1H3,(H,25,28)(H,26,29). The molecule has 0 bridgehead atoms. The molecular weight excluding hydrogens is 394 g/mol. The van der Waals surface area contributed by atoms with Gasteiger partial charge in [-0.15, -0.1) is 0 Å². The Bertz CT molecular complexity index is 903. The highest BCUT2D eigenvalue weighted by molar-refractivity contribution is 5.94. The fourth-order valence-corrected chi connectivity index (χ4v) is 3.75. The van der Waals surface area contributed by atoms with Crippen molar-refractivity contribution in [2.45, 2.75) is 31.7 Å². The maximum absolute atomic E-state index is 12.3. The number of amides is 2. The van der Waals surface area contributed by atoms with Crippen LogP contribution >= 0.6 is 0 Å². The smallest absolute Gasteiger partial charge is 0.258 e. The summed E-state index contributed by atoms with van der Waals surface area (Å²) < 4.78 is 10.8. The van der Waals surface area contributed by atoms with E-state index in [0.717, 1.165) is 44.5 Å². The van der Waals surface area contributed by atoms with Crippen molar-refractivity contribution in [1.82, 2.24) is 5.32 Å². The zero-order chi connectivity index (χ0) is 21.6. The van der Waals surface area contributed by atoms with Crippen LogP contribution in [0.5, 0.6) is 11.5 Å². The Morgan fingerprint density at radius 3 is 2.42 bits per heavy atom. The quantitative estimate of drug-likeness (QED) is 0.682. The van der Waals surface area contributed by atoms with Crippen LogP contribution in [0.15, 0.2) is 48.5 Å². The largest absolute Gasteiger partial charge is 0.497 e. The average molecular weight is 424 g/mol. The number of benzene rings is 2. The minimum absolute atomic E-state index is 0.0429. The molecule has 2 aromatic rings. The van der Waals surface area contributed by atoms with E-state index < -0.39 is 0 Å². The summed E-state index contributed by atoms with van der Waals surface area (Å²) in [6, 6.07) is 15.4. The number of nitrogens with zero attached hydrogens (tertiary/aromatic N) is 1. The normalized spacial score (nSPS) is 16.5. The zero-order valence-corrected chi connectivity index (χ0v) is 17.8. The van der Waals surface area contributed by atoms with Crippen molar-refractivity contribution in [3.05, 3.63) is 48.5 Å². The second-order valence-corrected chi connectivity index (χ2v) is 8.11. The summed E-state index contributed by atoms with van der Waals surface area (Å²) >= 11 is 0. The SMILES string of the molecule is COc1ccc(N2CCC(NC(=O)COc3cccc(NC(=O)C4CC4)c3)CC2)cc1. The first-order chi connectivity index (χ1) is 15.1. The van der Waals surface area contributed by atoms with E-state index in [-0.39, 0.29) is 30.4 Å². The lowest BCUT2D eigenvalue weighted by atomic mass is 10.0. The lowest BCUT2D eigenvalue weighted by Crippen LogP contribution is -2.46. The van der Waals surface area contributed by atoms with Crippen molar-refractivity contribution in [3.8, 4) is 11.5 Å². The van der Waals surface area contributed by atoms with E-state index in [9.17, 15) is 9.59 Å². The average Bonchev–Trinajstić information content (AvgIpc) is 3.64. The minimum Gasteiger partial charge on any atom is -0.497 e. The Morgan fingerprint density at radius 1 is 1.00 bits per heavy atom. The van der Waals surface area contributed by atoms with Gasteiger partial charge in [-0.05, 0) is 62.1 Å². The Morgan fingerprint density at radius 2 is 1.74 bits per heavy atom. The molecule has 31 heavy (non-hydrogen) atoms. The third kappa shape index (κ3) is 5.90. The number of carbonyl (C=O) groups excluding carboxylic acids is 2. The second kappa shape index (κ2) is 9.73. The van der Waals surface area contributed by atoms with E-state index in [2.05, 4.69) is 27.7 Å². The first-order valence-corrected chi connectivity index (χ1v) is 10.8. The predicted molar refractivity (Wildman–Crippen MR) is 120 cm³/mol. The Balaban J connectivity index is 1.19. The van der Waals surface area contributed by atoms with Crippen molar-refractivity contribution in [1.29, 1.82) is 0 Å². The molecule has 1 aliphatic carbocycles. The number of hydrogen-bond acceptors (Lipinski definition) is 5. The van der Waals surface area contributed by atoms with Gasteiger partial charge < -0.3 is 25.0 Å². The number of methoxy groups -OCH3 is 1. The molecule has 2 N–H and O–H groups in total. The first kappa shape index (κ1) is 21.0. The van der Waals surface area contributed by atoms with E-state index >= 15 is 0 Å². The molecule has 0 unspecified atom stereocenters. The van der Waals surface area contributed by atoms with E-state index in [1.54, 1.807) is 19.2 Å².